The van der Waals surface area contributed by atoms with E-state index >= 15 is 0 Å². The molecule has 4 rings (SSSR count). The van der Waals surface area contributed by atoms with Gasteiger partial charge in [-0.15, -0.1) is 0 Å². The van der Waals surface area contributed by atoms with Crippen molar-refractivity contribution in [2.24, 2.45) is 0 Å². The second kappa shape index (κ2) is 8.44. The number of aromatic hydroxyl groups is 1. The van der Waals surface area contributed by atoms with Gasteiger partial charge >= 0.3 is 0 Å². The predicted molar refractivity (Wildman–Crippen MR) is 107 cm³/mol. The van der Waals surface area contributed by atoms with Crippen LogP contribution in [0.3, 0.4) is 0 Å². The van der Waals surface area contributed by atoms with E-state index in [0.29, 0.717) is 5.82 Å². The van der Waals surface area contributed by atoms with Crippen LogP contribution in [0.15, 0.2) is 61.4 Å². The van der Waals surface area contributed by atoms with E-state index in [2.05, 4.69) is 20.2 Å². The number of halogens is 2. The summed E-state index contributed by atoms with van der Waals surface area (Å²) in [5, 5.41) is 28.9. The topological polar surface area (TPSA) is 102 Å². The van der Waals surface area contributed by atoms with Crippen LogP contribution >= 0.6 is 0 Å². The average molecular weight is 424 g/mol. The van der Waals surface area contributed by atoms with Gasteiger partial charge in [0.15, 0.2) is 5.82 Å². The molecule has 8 nitrogen and oxygen atoms in total. The molecule has 0 amide bonds. The van der Waals surface area contributed by atoms with Crippen LogP contribution in [-0.4, -0.2) is 39.7 Å². The minimum absolute atomic E-state index is 0.0962. The van der Waals surface area contributed by atoms with Crippen molar-refractivity contribution in [1.29, 1.82) is 0 Å². The molecule has 0 fully saturated rings. The van der Waals surface area contributed by atoms with E-state index in [1.165, 1.54) is 34.4 Å². The molecular weight excluding hydrogens is 406 g/mol. The SMILES string of the molecule is Oc1ccc(/C=C/c2ncn(CC(O)(Cn3cncn3)c3ccc(F)cc3F)n2)cc1. The quantitative estimate of drug-likeness (QED) is 0.473. The molecule has 158 valence electrons. The first kappa shape index (κ1) is 20.4. The average Bonchev–Trinajstić information content (AvgIpc) is 3.39. The third-order valence-corrected chi connectivity index (χ3v) is 4.62. The number of phenols is 1. The first-order chi connectivity index (χ1) is 14.9. The zero-order valence-corrected chi connectivity index (χ0v) is 16.2. The molecular formula is C21H18F2N6O2. The molecule has 0 radical (unpaired) electrons. The Hall–Kier alpha value is -3.92. The molecule has 0 aliphatic rings. The molecule has 0 aliphatic heterocycles. The second-order valence-corrected chi connectivity index (χ2v) is 6.97. The monoisotopic (exact) mass is 424 g/mol. The molecule has 1 unspecified atom stereocenters. The van der Waals surface area contributed by atoms with Gasteiger partial charge in [-0.2, -0.15) is 10.2 Å². The van der Waals surface area contributed by atoms with Crippen molar-refractivity contribution in [2.75, 3.05) is 0 Å². The van der Waals surface area contributed by atoms with Crippen LogP contribution < -0.4 is 0 Å². The Morgan fingerprint density at radius 1 is 0.968 bits per heavy atom. The molecule has 2 aromatic heterocycles. The highest BCUT2D eigenvalue weighted by molar-refractivity contribution is 5.66. The first-order valence-corrected chi connectivity index (χ1v) is 9.28. The van der Waals surface area contributed by atoms with Gasteiger partial charge in [0.25, 0.3) is 0 Å². The van der Waals surface area contributed by atoms with Crippen molar-refractivity contribution >= 4 is 12.2 Å². The normalized spacial score (nSPS) is 13.5. The Morgan fingerprint density at radius 2 is 1.74 bits per heavy atom. The van der Waals surface area contributed by atoms with E-state index in [1.54, 1.807) is 36.4 Å². The van der Waals surface area contributed by atoms with E-state index in [-0.39, 0.29) is 24.4 Å². The molecule has 0 saturated heterocycles. The molecule has 2 heterocycles. The summed E-state index contributed by atoms with van der Waals surface area (Å²) in [6.07, 6.45) is 7.52. The fraction of sp³-hybridized carbons (Fsp3) is 0.143. The van der Waals surface area contributed by atoms with E-state index < -0.39 is 17.2 Å². The number of hydrogen-bond acceptors (Lipinski definition) is 6. The lowest BCUT2D eigenvalue weighted by Crippen LogP contribution is -2.37. The van der Waals surface area contributed by atoms with Gasteiger partial charge in [0.05, 0.1) is 13.1 Å². The van der Waals surface area contributed by atoms with Crippen molar-refractivity contribution < 1.29 is 19.0 Å². The zero-order valence-electron chi connectivity index (χ0n) is 16.2. The van der Waals surface area contributed by atoms with E-state index in [1.807, 2.05) is 0 Å². The van der Waals surface area contributed by atoms with Crippen LogP contribution in [0, 0.1) is 11.6 Å². The molecule has 10 heteroatoms. The number of aromatic nitrogens is 6. The summed E-state index contributed by atoms with van der Waals surface area (Å²) in [5.74, 6) is -1.09. The number of hydrogen-bond donors (Lipinski definition) is 2. The summed E-state index contributed by atoms with van der Waals surface area (Å²) >= 11 is 0. The lowest BCUT2D eigenvalue weighted by molar-refractivity contribution is -0.00857. The molecule has 1 atom stereocenters. The van der Waals surface area contributed by atoms with Gasteiger partial charge in [0, 0.05) is 11.6 Å². The maximum Gasteiger partial charge on any atom is 0.173 e. The minimum atomic E-state index is -1.79. The number of benzene rings is 2. The third kappa shape index (κ3) is 4.81. The van der Waals surface area contributed by atoms with Gasteiger partial charge in [-0.3, -0.25) is 0 Å². The standard InChI is InChI=1S/C21H18F2N6O2/c22-16-4-7-18(19(23)9-16)21(31,10-28-13-24-12-26-28)11-29-14-25-20(27-29)8-3-15-1-5-17(30)6-2-15/h1-9,12-14,30-31H,10-11H2/b8-3+. The third-order valence-electron chi connectivity index (χ3n) is 4.62. The van der Waals surface area contributed by atoms with Gasteiger partial charge in [-0.05, 0) is 29.8 Å². The van der Waals surface area contributed by atoms with Gasteiger partial charge < -0.3 is 10.2 Å². The summed E-state index contributed by atoms with van der Waals surface area (Å²) in [6.45, 7) is -0.288. The highest BCUT2D eigenvalue weighted by Crippen LogP contribution is 2.28. The van der Waals surface area contributed by atoms with Crippen LogP contribution in [-0.2, 0) is 18.7 Å². The number of rotatable bonds is 7. The number of nitrogens with zero attached hydrogens (tertiary/aromatic N) is 6. The largest absolute Gasteiger partial charge is 0.508 e. The maximum absolute atomic E-state index is 14.5. The van der Waals surface area contributed by atoms with Crippen molar-refractivity contribution in [1.82, 2.24) is 29.5 Å². The molecule has 0 saturated carbocycles. The Labute approximate surface area is 175 Å². The summed E-state index contributed by atoms with van der Waals surface area (Å²) < 4.78 is 30.6. The highest BCUT2D eigenvalue weighted by Gasteiger charge is 2.34. The fourth-order valence-electron chi connectivity index (χ4n) is 3.16. The smallest absolute Gasteiger partial charge is 0.173 e. The number of aliphatic hydroxyl groups is 1. The highest BCUT2D eigenvalue weighted by atomic mass is 19.1. The second-order valence-electron chi connectivity index (χ2n) is 6.97. The lowest BCUT2D eigenvalue weighted by Gasteiger charge is -2.28. The Bertz CT molecular complexity index is 1190. The maximum atomic E-state index is 14.5. The van der Waals surface area contributed by atoms with Crippen LogP contribution in [0.2, 0.25) is 0 Å². The molecule has 4 aromatic rings. The molecule has 2 N–H and O–H groups in total. The molecule has 0 spiro atoms. The molecule has 31 heavy (non-hydrogen) atoms. The predicted octanol–water partition coefficient (Wildman–Crippen LogP) is 2.61. The number of phenolic OH excluding ortho intramolecular Hbond substituents is 1. The molecule has 0 aliphatic carbocycles. The van der Waals surface area contributed by atoms with Crippen LogP contribution in [0.5, 0.6) is 5.75 Å². The Kier molecular flexibility index (Phi) is 5.54. The van der Waals surface area contributed by atoms with E-state index in [4.69, 9.17) is 0 Å². The lowest BCUT2D eigenvalue weighted by atomic mass is 9.93. The van der Waals surface area contributed by atoms with Crippen molar-refractivity contribution in [2.45, 2.75) is 18.7 Å². The van der Waals surface area contributed by atoms with Crippen molar-refractivity contribution in [3.05, 3.63) is 90.0 Å². The zero-order chi connectivity index (χ0) is 21.8. The van der Waals surface area contributed by atoms with Crippen LogP contribution in [0.4, 0.5) is 8.78 Å². The van der Waals surface area contributed by atoms with Gasteiger partial charge in [-0.25, -0.2) is 28.1 Å². The van der Waals surface area contributed by atoms with Gasteiger partial charge in [-0.1, -0.05) is 24.3 Å². The molecule has 0 bridgehead atoms. The molecule has 2 aromatic carbocycles. The van der Waals surface area contributed by atoms with Crippen LogP contribution in [0.25, 0.3) is 12.2 Å². The van der Waals surface area contributed by atoms with Gasteiger partial charge in [0.1, 0.15) is 42.0 Å². The van der Waals surface area contributed by atoms with Crippen molar-refractivity contribution in [3.8, 4) is 5.75 Å². The van der Waals surface area contributed by atoms with Crippen molar-refractivity contribution in [3.63, 3.8) is 0 Å². The van der Waals surface area contributed by atoms with E-state index in [9.17, 15) is 19.0 Å². The van der Waals surface area contributed by atoms with Gasteiger partial charge in [0.2, 0.25) is 0 Å². The Balaban J connectivity index is 1.59. The summed E-state index contributed by atoms with van der Waals surface area (Å²) in [5.41, 5.74) is -1.05. The van der Waals surface area contributed by atoms with Crippen LogP contribution in [0.1, 0.15) is 17.0 Å². The summed E-state index contributed by atoms with van der Waals surface area (Å²) in [7, 11) is 0. The first-order valence-electron chi connectivity index (χ1n) is 9.28. The summed E-state index contributed by atoms with van der Waals surface area (Å²) in [6, 6.07) is 9.59. The Morgan fingerprint density at radius 3 is 2.45 bits per heavy atom. The van der Waals surface area contributed by atoms with E-state index in [0.717, 1.165) is 17.7 Å². The fourth-order valence-corrected chi connectivity index (χ4v) is 3.16. The summed E-state index contributed by atoms with van der Waals surface area (Å²) in [4.78, 5) is 8.01. The minimum Gasteiger partial charge on any atom is -0.508 e.